The van der Waals surface area contributed by atoms with E-state index in [9.17, 15) is 9.59 Å². The highest BCUT2D eigenvalue weighted by Crippen LogP contribution is 2.17. The van der Waals surface area contributed by atoms with Crippen LogP contribution in [0, 0.1) is 0 Å². The fourth-order valence-corrected chi connectivity index (χ4v) is 1.54. The van der Waals surface area contributed by atoms with Gasteiger partial charge < -0.3 is 19.8 Å². The van der Waals surface area contributed by atoms with Crippen molar-refractivity contribution in [2.24, 2.45) is 0 Å². The molecule has 0 aromatic carbocycles. The minimum absolute atomic E-state index is 0.165. The summed E-state index contributed by atoms with van der Waals surface area (Å²) in [6.07, 6.45) is 0.589. The molecule has 0 saturated carbocycles. The first-order chi connectivity index (χ1) is 6.61. The van der Waals surface area contributed by atoms with Gasteiger partial charge in [0, 0.05) is 6.54 Å². The second-order valence-corrected chi connectivity index (χ2v) is 3.18. The molecule has 14 heavy (non-hydrogen) atoms. The van der Waals surface area contributed by atoms with E-state index in [1.807, 2.05) is 0 Å². The SMILES string of the molecule is O=C(O)COCC1CCCN1C(=O)O. The molecule has 1 amide bonds. The normalized spacial score (nSPS) is 21.1. The molecule has 1 heterocycles. The molecule has 1 atom stereocenters. The molecular formula is C8H13NO5. The standard InChI is InChI=1S/C8H13NO5/c10-7(11)5-14-4-6-2-1-3-9(6)8(12)13/h6H,1-5H2,(H,10,11)(H,12,13). The lowest BCUT2D eigenvalue weighted by Crippen LogP contribution is -2.37. The van der Waals surface area contributed by atoms with Crippen LogP contribution in [-0.2, 0) is 9.53 Å². The summed E-state index contributed by atoms with van der Waals surface area (Å²) in [7, 11) is 0. The van der Waals surface area contributed by atoms with Gasteiger partial charge in [-0.2, -0.15) is 0 Å². The first kappa shape index (κ1) is 10.8. The fourth-order valence-electron chi connectivity index (χ4n) is 1.54. The molecule has 1 saturated heterocycles. The second kappa shape index (κ2) is 4.80. The Morgan fingerprint density at radius 2 is 2.14 bits per heavy atom. The number of amides is 1. The van der Waals surface area contributed by atoms with E-state index in [4.69, 9.17) is 14.9 Å². The van der Waals surface area contributed by atoms with Crippen LogP contribution in [0.25, 0.3) is 0 Å². The van der Waals surface area contributed by atoms with Gasteiger partial charge in [0.1, 0.15) is 6.61 Å². The summed E-state index contributed by atoms with van der Waals surface area (Å²) in [5, 5.41) is 17.1. The number of ether oxygens (including phenoxy) is 1. The van der Waals surface area contributed by atoms with E-state index in [-0.39, 0.29) is 19.3 Å². The summed E-state index contributed by atoms with van der Waals surface area (Å²) in [6, 6.07) is -0.188. The third kappa shape index (κ3) is 2.88. The molecular weight excluding hydrogens is 190 g/mol. The molecule has 0 spiro atoms. The maximum Gasteiger partial charge on any atom is 0.407 e. The quantitative estimate of drug-likeness (QED) is 0.682. The maximum absolute atomic E-state index is 10.7. The largest absolute Gasteiger partial charge is 0.480 e. The minimum Gasteiger partial charge on any atom is -0.480 e. The first-order valence-electron chi connectivity index (χ1n) is 4.40. The van der Waals surface area contributed by atoms with E-state index >= 15 is 0 Å². The summed E-state index contributed by atoms with van der Waals surface area (Å²) in [5.74, 6) is -1.04. The fraction of sp³-hybridized carbons (Fsp3) is 0.750. The molecule has 6 heteroatoms. The van der Waals surface area contributed by atoms with Crippen molar-refractivity contribution < 1.29 is 24.5 Å². The molecule has 6 nitrogen and oxygen atoms in total. The Morgan fingerprint density at radius 1 is 1.43 bits per heavy atom. The Balaban J connectivity index is 2.29. The maximum atomic E-state index is 10.7. The van der Waals surface area contributed by atoms with E-state index in [1.165, 1.54) is 4.90 Å². The molecule has 0 aromatic rings. The number of likely N-dealkylation sites (tertiary alicyclic amines) is 1. The van der Waals surface area contributed by atoms with E-state index in [2.05, 4.69) is 0 Å². The monoisotopic (exact) mass is 203 g/mol. The molecule has 1 aliphatic rings. The van der Waals surface area contributed by atoms with Crippen molar-refractivity contribution in [1.82, 2.24) is 4.90 Å². The number of hydrogen-bond acceptors (Lipinski definition) is 3. The van der Waals surface area contributed by atoms with Gasteiger partial charge in [-0.1, -0.05) is 0 Å². The molecule has 1 fully saturated rings. The zero-order valence-electron chi connectivity index (χ0n) is 7.68. The molecule has 2 N–H and O–H groups in total. The van der Waals surface area contributed by atoms with Crippen LogP contribution in [0.15, 0.2) is 0 Å². The molecule has 0 aliphatic carbocycles. The summed E-state index contributed by atoms with van der Waals surface area (Å²) < 4.78 is 4.85. The van der Waals surface area contributed by atoms with Gasteiger partial charge in [0.05, 0.1) is 12.6 Å². The second-order valence-electron chi connectivity index (χ2n) is 3.18. The van der Waals surface area contributed by atoms with Gasteiger partial charge in [0.25, 0.3) is 0 Å². The van der Waals surface area contributed by atoms with Crippen LogP contribution in [0.2, 0.25) is 0 Å². The minimum atomic E-state index is -1.04. The predicted molar refractivity (Wildman–Crippen MR) is 46.2 cm³/mol. The van der Waals surface area contributed by atoms with Gasteiger partial charge in [-0.15, -0.1) is 0 Å². The van der Waals surface area contributed by atoms with Crippen LogP contribution in [0.3, 0.4) is 0 Å². The van der Waals surface area contributed by atoms with Crippen LogP contribution >= 0.6 is 0 Å². The van der Waals surface area contributed by atoms with Crippen LogP contribution in [-0.4, -0.2) is 53.0 Å². The topological polar surface area (TPSA) is 87.1 Å². The molecule has 0 radical (unpaired) electrons. The Labute approximate surface area is 81.1 Å². The van der Waals surface area contributed by atoms with Crippen molar-refractivity contribution in [2.45, 2.75) is 18.9 Å². The summed E-state index contributed by atoms with van der Waals surface area (Å²) in [6.45, 7) is 0.305. The molecule has 0 aromatic heterocycles. The predicted octanol–water partition coefficient (Wildman–Crippen LogP) is 0.230. The van der Waals surface area contributed by atoms with E-state index in [0.29, 0.717) is 6.54 Å². The number of aliphatic carboxylic acids is 1. The lowest BCUT2D eigenvalue weighted by Gasteiger charge is -2.20. The van der Waals surface area contributed by atoms with Crippen molar-refractivity contribution in [2.75, 3.05) is 19.8 Å². The van der Waals surface area contributed by atoms with Gasteiger partial charge >= 0.3 is 12.1 Å². The highest BCUT2D eigenvalue weighted by Gasteiger charge is 2.28. The number of carboxylic acid groups (broad SMARTS) is 2. The molecule has 1 aliphatic heterocycles. The van der Waals surface area contributed by atoms with E-state index in [1.54, 1.807) is 0 Å². The Morgan fingerprint density at radius 3 is 2.71 bits per heavy atom. The number of carbonyl (C=O) groups is 2. The Kier molecular flexibility index (Phi) is 3.70. The smallest absolute Gasteiger partial charge is 0.407 e. The summed E-state index contributed by atoms with van der Waals surface area (Å²) >= 11 is 0. The third-order valence-electron chi connectivity index (χ3n) is 2.16. The van der Waals surface area contributed by atoms with Gasteiger partial charge in [-0.3, -0.25) is 0 Å². The van der Waals surface area contributed by atoms with E-state index < -0.39 is 12.1 Å². The average Bonchev–Trinajstić information content (AvgIpc) is 2.51. The average molecular weight is 203 g/mol. The lowest BCUT2D eigenvalue weighted by atomic mass is 10.2. The van der Waals surface area contributed by atoms with Crippen molar-refractivity contribution in [3.8, 4) is 0 Å². The highest BCUT2D eigenvalue weighted by atomic mass is 16.5. The zero-order chi connectivity index (χ0) is 10.6. The molecule has 1 unspecified atom stereocenters. The highest BCUT2D eigenvalue weighted by molar-refractivity contribution is 5.68. The van der Waals surface area contributed by atoms with Crippen LogP contribution in [0.4, 0.5) is 4.79 Å². The Bertz CT molecular complexity index is 230. The van der Waals surface area contributed by atoms with Crippen LogP contribution in [0.1, 0.15) is 12.8 Å². The van der Waals surface area contributed by atoms with Gasteiger partial charge in [0.15, 0.2) is 0 Å². The number of hydrogen-bond donors (Lipinski definition) is 2. The van der Waals surface area contributed by atoms with Crippen LogP contribution < -0.4 is 0 Å². The Hall–Kier alpha value is -1.30. The van der Waals surface area contributed by atoms with Gasteiger partial charge in [-0.25, -0.2) is 9.59 Å². The summed E-state index contributed by atoms with van der Waals surface area (Å²) in [4.78, 5) is 22.1. The zero-order valence-corrected chi connectivity index (χ0v) is 7.68. The van der Waals surface area contributed by atoms with Crippen molar-refractivity contribution in [3.63, 3.8) is 0 Å². The van der Waals surface area contributed by atoms with E-state index in [0.717, 1.165) is 12.8 Å². The van der Waals surface area contributed by atoms with Crippen molar-refractivity contribution in [3.05, 3.63) is 0 Å². The molecule has 0 bridgehead atoms. The van der Waals surface area contributed by atoms with Crippen LogP contribution in [0.5, 0.6) is 0 Å². The number of nitrogens with zero attached hydrogens (tertiary/aromatic N) is 1. The van der Waals surface area contributed by atoms with Crippen molar-refractivity contribution >= 4 is 12.1 Å². The third-order valence-corrected chi connectivity index (χ3v) is 2.16. The first-order valence-corrected chi connectivity index (χ1v) is 4.40. The molecule has 1 rings (SSSR count). The van der Waals surface area contributed by atoms with Gasteiger partial charge in [0.2, 0.25) is 0 Å². The van der Waals surface area contributed by atoms with Crippen molar-refractivity contribution in [1.29, 1.82) is 0 Å². The number of rotatable bonds is 4. The van der Waals surface area contributed by atoms with Gasteiger partial charge in [-0.05, 0) is 12.8 Å². The summed E-state index contributed by atoms with van der Waals surface area (Å²) in [5.41, 5.74) is 0. The lowest BCUT2D eigenvalue weighted by molar-refractivity contribution is -0.142. The molecule has 80 valence electrons. The number of carboxylic acids is 1.